The molecule has 1 fully saturated rings. The van der Waals surface area contributed by atoms with Gasteiger partial charge in [0.1, 0.15) is 0 Å². The van der Waals surface area contributed by atoms with Crippen molar-refractivity contribution in [2.45, 2.75) is 31.2 Å². The Bertz CT molecular complexity index is 458. The molecule has 1 aromatic carbocycles. The molecule has 0 radical (unpaired) electrons. The Kier molecular flexibility index (Phi) is 3.08. The number of hydrogen-bond donors (Lipinski definition) is 1. The van der Waals surface area contributed by atoms with E-state index in [1.807, 2.05) is 11.9 Å². The molecule has 0 spiro atoms. The molecule has 2 aliphatic rings. The SMILES string of the molecule is CN1CC(NCC2Cc3ccccc32)CCC1=O. The molecular weight excluding hydrogens is 224 g/mol. The van der Waals surface area contributed by atoms with Crippen molar-refractivity contribution in [1.29, 1.82) is 0 Å². The lowest BCUT2D eigenvalue weighted by Crippen LogP contribution is -2.48. The van der Waals surface area contributed by atoms with Gasteiger partial charge in [0.2, 0.25) is 5.91 Å². The van der Waals surface area contributed by atoms with Gasteiger partial charge in [0, 0.05) is 38.5 Å². The number of likely N-dealkylation sites (tertiary alicyclic amines) is 1. The number of hydrogen-bond acceptors (Lipinski definition) is 2. The van der Waals surface area contributed by atoms with E-state index in [4.69, 9.17) is 0 Å². The lowest BCUT2D eigenvalue weighted by atomic mass is 9.77. The van der Waals surface area contributed by atoms with Crippen LogP contribution in [-0.4, -0.2) is 37.0 Å². The minimum Gasteiger partial charge on any atom is -0.344 e. The predicted molar refractivity (Wildman–Crippen MR) is 71.5 cm³/mol. The van der Waals surface area contributed by atoms with Crippen molar-refractivity contribution in [2.75, 3.05) is 20.1 Å². The Morgan fingerprint density at radius 2 is 2.22 bits per heavy atom. The van der Waals surface area contributed by atoms with Crippen LogP contribution in [0.3, 0.4) is 0 Å². The molecule has 1 aromatic rings. The Labute approximate surface area is 108 Å². The summed E-state index contributed by atoms with van der Waals surface area (Å²) in [6.07, 6.45) is 2.87. The number of likely N-dealkylation sites (N-methyl/N-ethyl adjacent to an activating group) is 1. The summed E-state index contributed by atoms with van der Waals surface area (Å²) in [5, 5.41) is 3.62. The summed E-state index contributed by atoms with van der Waals surface area (Å²) in [4.78, 5) is 13.3. The lowest BCUT2D eigenvalue weighted by molar-refractivity contribution is -0.132. The summed E-state index contributed by atoms with van der Waals surface area (Å²) < 4.78 is 0. The number of nitrogens with zero attached hydrogens (tertiary/aromatic N) is 1. The Morgan fingerprint density at radius 3 is 3.00 bits per heavy atom. The number of rotatable bonds is 3. The maximum Gasteiger partial charge on any atom is 0.222 e. The van der Waals surface area contributed by atoms with Gasteiger partial charge in [0.15, 0.2) is 0 Å². The molecule has 1 aliphatic carbocycles. The first-order valence-electron chi connectivity index (χ1n) is 6.79. The average Bonchev–Trinajstić information content (AvgIpc) is 2.35. The molecule has 1 N–H and O–H groups in total. The normalized spacial score (nSPS) is 26.7. The van der Waals surface area contributed by atoms with Gasteiger partial charge in [-0.2, -0.15) is 0 Å². The van der Waals surface area contributed by atoms with E-state index in [-0.39, 0.29) is 5.91 Å². The molecule has 0 aromatic heterocycles. The highest BCUT2D eigenvalue weighted by Gasteiger charge is 2.27. The standard InChI is InChI=1S/C15H20N2O/c1-17-10-13(6-7-15(17)18)16-9-12-8-11-4-2-3-5-14(11)12/h2-5,12-13,16H,6-10H2,1H3. The van der Waals surface area contributed by atoms with E-state index in [0.29, 0.717) is 18.4 Å². The number of amides is 1. The summed E-state index contributed by atoms with van der Waals surface area (Å²) in [7, 11) is 1.90. The van der Waals surface area contributed by atoms with E-state index in [9.17, 15) is 4.79 Å². The first kappa shape index (κ1) is 11.7. The van der Waals surface area contributed by atoms with Crippen molar-refractivity contribution in [3.63, 3.8) is 0 Å². The van der Waals surface area contributed by atoms with Crippen molar-refractivity contribution in [3.8, 4) is 0 Å². The highest BCUT2D eigenvalue weighted by molar-refractivity contribution is 5.76. The molecule has 96 valence electrons. The minimum atomic E-state index is 0.280. The minimum absolute atomic E-state index is 0.280. The Morgan fingerprint density at radius 1 is 1.39 bits per heavy atom. The number of benzene rings is 1. The zero-order valence-corrected chi connectivity index (χ0v) is 10.9. The van der Waals surface area contributed by atoms with Gasteiger partial charge in [-0.05, 0) is 24.0 Å². The van der Waals surface area contributed by atoms with Gasteiger partial charge >= 0.3 is 0 Å². The molecule has 3 heteroatoms. The summed E-state index contributed by atoms with van der Waals surface area (Å²) in [5.74, 6) is 0.950. The fourth-order valence-electron chi connectivity index (χ4n) is 3.03. The van der Waals surface area contributed by atoms with Gasteiger partial charge in [0.05, 0.1) is 0 Å². The van der Waals surface area contributed by atoms with Crippen molar-refractivity contribution in [3.05, 3.63) is 35.4 Å². The molecule has 0 bridgehead atoms. The third kappa shape index (κ3) is 2.15. The highest BCUT2D eigenvalue weighted by Crippen LogP contribution is 2.34. The maximum atomic E-state index is 11.4. The molecule has 0 saturated carbocycles. The van der Waals surface area contributed by atoms with Crippen molar-refractivity contribution in [2.24, 2.45) is 0 Å². The summed E-state index contributed by atoms with van der Waals surface area (Å²) in [6.45, 7) is 1.90. The quantitative estimate of drug-likeness (QED) is 0.874. The smallest absolute Gasteiger partial charge is 0.222 e. The van der Waals surface area contributed by atoms with Crippen LogP contribution in [0.15, 0.2) is 24.3 Å². The number of carbonyl (C=O) groups excluding carboxylic acids is 1. The summed E-state index contributed by atoms with van der Waals surface area (Å²) >= 11 is 0. The van der Waals surface area contributed by atoms with Crippen LogP contribution in [0.4, 0.5) is 0 Å². The van der Waals surface area contributed by atoms with Crippen LogP contribution in [0.25, 0.3) is 0 Å². The first-order valence-corrected chi connectivity index (χ1v) is 6.79. The van der Waals surface area contributed by atoms with E-state index in [1.165, 1.54) is 17.5 Å². The second-order valence-corrected chi connectivity index (χ2v) is 5.52. The van der Waals surface area contributed by atoms with Crippen LogP contribution >= 0.6 is 0 Å². The van der Waals surface area contributed by atoms with Crippen LogP contribution in [0, 0.1) is 0 Å². The molecule has 1 amide bonds. The van der Waals surface area contributed by atoms with Crippen LogP contribution < -0.4 is 5.32 Å². The van der Waals surface area contributed by atoms with E-state index in [1.54, 1.807) is 0 Å². The van der Waals surface area contributed by atoms with Gasteiger partial charge < -0.3 is 10.2 Å². The van der Waals surface area contributed by atoms with Crippen LogP contribution in [0.5, 0.6) is 0 Å². The van der Waals surface area contributed by atoms with Crippen molar-refractivity contribution in [1.82, 2.24) is 10.2 Å². The second kappa shape index (κ2) is 4.73. The molecule has 2 atom stereocenters. The topological polar surface area (TPSA) is 32.3 Å². The third-order valence-electron chi connectivity index (χ3n) is 4.24. The first-order chi connectivity index (χ1) is 8.74. The van der Waals surface area contributed by atoms with Crippen LogP contribution in [0.1, 0.15) is 29.9 Å². The average molecular weight is 244 g/mol. The van der Waals surface area contributed by atoms with Gasteiger partial charge in [-0.15, -0.1) is 0 Å². The molecule has 1 saturated heterocycles. The van der Waals surface area contributed by atoms with Gasteiger partial charge in [-0.1, -0.05) is 24.3 Å². The highest BCUT2D eigenvalue weighted by atomic mass is 16.2. The number of fused-ring (bicyclic) bond motifs is 1. The monoisotopic (exact) mass is 244 g/mol. The molecule has 1 heterocycles. The maximum absolute atomic E-state index is 11.4. The molecule has 2 unspecified atom stereocenters. The number of nitrogens with one attached hydrogen (secondary N) is 1. The molecule has 3 rings (SSSR count). The molecule has 3 nitrogen and oxygen atoms in total. The predicted octanol–water partition coefficient (Wildman–Crippen LogP) is 1.54. The molecular formula is C15H20N2O. The van der Waals surface area contributed by atoms with Gasteiger partial charge in [-0.3, -0.25) is 4.79 Å². The Balaban J connectivity index is 1.50. The largest absolute Gasteiger partial charge is 0.344 e. The van der Waals surface area contributed by atoms with E-state index in [2.05, 4.69) is 29.6 Å². The fraction of sp³-hybridized carbons (Fsp3) is 0.533. The van der Waals surface area contributed by atoms with Crippen molar-refractivity contribution < 1.29 is 4.79 Å². The van der Waals surface area contributed by atoms with Gasteiger partial charge in [-0.25, -0.2) is 0 Å². The van der Waals surface area contributed by atoms with E-state index < -0.39 is 0 Å². The third-order valence-corrected chi connectivity index (χ3v) is 4.24. The van der Waals surface area contributed by atoms with Crippen molar-refractivity contribution >= 4 is 5.91 Å². The zero-order valence-electron chi connectivity index (χ0n) is 10.9. The van der Waals surface area contributed by atoms with Crippen LogP contribution in [-0.2, 0) is 11.2 Å². The molecule has 18 heavy (non-hydrogen) atoms. The van der Waals surface area contributed by atoms with E-state index >= 15 is 0 Å². The fourth-order valence-corrected chi connectivity index (χ4v) is 3.03. The zero-order chi connectivity index (χ0) is 12.5. The van der Waals surface area contributed by atoms with E-state index in [0.717, 1.165) is 19.5 Å². The van der Waals surface area contributed by atoms with Crippen LogP contribution in [0.2, 0.25) is 0 Å². The second-order valence-electron chi connectivity index (χ2n) is 5.52. The lowest BCUT2D eigenvalue weighted by Gasteiger charge is -2.34. The number of carbonyl (C=O) groups is 1. The number of piperidine rings is 1. The summed E-state index contributed by atoms with van der Waals surface area (Å²) in [6, 6.07) is 9.17. The summed E-state index contributed by atoms with van der Waals surface area (Å²) in [5.41, 5.74) is 3.01. The Hall–Kier alpha value is -1.35. The molecule has 1 aliphatic heterocycles. The van der Waals surface area contributed by atoms with Gasteiger partial charge in [0.25, 0.3) is 0 Å².